The van der Waals surface area contributed by atoms with Crippen LogP contribution in [0.2, 0.25) is 0 Å². The number of hydrogen-bond acceptors (Lipinski definition) is 7. The lowest BCUT2D eigenvalue weighted by Gasteiger charge is -2.28. The quantitative estimate of drug-likeness (QED) is 0.640. The number of nitrogens with two attached hydrogens (primary N) is 1. The van der Waals surface area contributed by atoms with Crippen LogP contribution in [-0.4, -0.2) is 22.6 Å². The van der Waals surface area contributed by atoms with E-state index in [1.807, 2.05) is 12.3 Å². The summed E-state index contributed by atoms with van der Waals surface area (Å²) in [7, 11) is 0. The molecule has 0 aliphatic carbocycles. The van der Waals surface area contributed by atoms with Crippen molar-refractivity contribution in [1.82, 2.24) is 4.31 Å². The first-order valence-corrected chi connectivity index (χ1v) is 6.78. The summed E-state index contributed by atoms with van der Waals surface area (Å²) >= 11 is 5.77. The van der Waals surface area contributed by atoms with E-state index in [4.69, 9.17) is 10.2 Å². The smallest absolute Gasteiger partial charge is 0.183 e. The predicted octanol–water partition coefficient (Wildman–Crippen LogP) is 2.10. The van der Waals surface area contributed by atoms with Crippen LogP contribution in [0.3, 0.4) is 0 Å². The molecule has 2 N–H and O–H groups in total. The fraction of sp³-hybridized carbons (Fsp3) is 0.273. The zero-order valence-electron chi connectivity index (χ0n) is 9.91. The summed E-state index contributed by atoms with van der Waals surface area (Å²) in [5.74, 6) is 0.565. The Morgan fingerprint density at radius 2 is 2.33 bits per heavy atom. The molecule has 94 valence electrons. The Labute approximate surface area is 115 Å². The van der Waals surface area contributed by atoms with Crippen molar-refractivity contribution in [2.75, 3.05) is 6.26 Å². The Hall–Kier alpha value is -1.36. The molecule has 0 radical (unpaired) electrons. The van der Waals surface area contributed by atoms with Gasteiger partial charge in [0.2, 0.25) is 0 Å². The van der Waals surface area contributed by atoms with Gasteiger partial charge in [0.25, 0.3) is 0 Å². The molecule has 1 atom stereocenters. The lowest BCUT2D eigenvalue weighted by Crippen LogP contribution is -2.37. The molecule has 1 aliphatic heterocycles. The highest BCUT2D eigenvalue weighted by Crippen LogP contribution is 2.32. The fourth-order valence-electron chi connectivity index (χ4n) is 1.66. The van der Waals surface area contributed by atoms with Gasteiger partial charge in [0.15, 0.2) is 17.1 Å². The summed E-state index contributed by atoms with van der Waals surface area (Å²) in [5.41, 5.74) is 7.40. The van der Waals surface area contributed by atoms with E-state index in [1.54, 1.807) is 13.0 Å². The molecule has 1 unspecified atom stereocenters. The highest BCUT2D eigenvalue weighted by molar-refractivity contribution is 7.98. The summed E-state index contributed by atoms with van der Waals surface area (Å²) in [4.78, 5) is 4.14. The van der Waals surface area contributed by atoms with E-state index in [9.17, 15) is 5.26 Å². The number of rotatable bonds is 2. The van der Waals surface area contributed by atoms with Crippen molar-refractivity contribution in [1.29, 1.82) is 5.26 Å². The Bertz CT molecular complexity index is 570. The average Bonchev–Trinajstić information content (AvgIpc) is 2.81. The van der Waals surface area contributed by atoms with E-state index in [2.05, 4.69) is 23.9 Å². The monoisotopic (exact) mass is 280 g/mol. The number of nitriles is 1. The van der Waals surface area contributed by atoms with Crippen LogP contribution in [0.4, 0.5) is 0 Å². The maximum atomic E-state index is 9.22. The molecule has 0 aromatic carbocycles. The first-order chi connectivity index (χ1) is 8.58. The van der Waals surface area contributed by atoms with E-state index in [0.29, 0.717) is 22.7 Å². The lowest BCUT2D eigenvalue weighted by atomic mass is 10.1. The van der Waals surface area contributed by atoms with Crippen molar-refractivity contribution in [3.8, 4) is 6.07 Å². The molecule has 1 aliphatic rings. The van der Waals surface area contributed by atoms with Gasteiger partial charge in [-0.3, -0.25) is 10.0 Å². The zero-order chi connectivity index (χ0) is 13.3. The molecule has 0 saturated carbocycles. The topological polar surface area (TPSA) is 78.5 Å². The molecule has 5 nitrogen and oxygen atoms in total. The average molecular weight is 280 g/mol. The van der Waals surface area contributed by atoms with Crippen molar-refractivity contribution >= 4 is 36.0 Å². The molecular formula is C11H12N4OS2. The van der Waals surface area contributed by atoms with E-state index >= 15 is 0 Å². The Morgan fingerprint density at radius 1 is 1.61 bits per heavy atom. The highest BCUT2D eigenvalue weighted by Gasteiger charge is 2.27. The van der Waals surface area contributed by atoms with Gasteiger partial charge in [-0.05, 0) is 25.3 Å². The zero-order valence-corrected chi connectivity index (χ0v) is 11.6. The summed E-state index contributed by atoms with van der Waals surface area (Å²) in [6, 6.07) is 5.76. The predicted molar refractivity (Wildman–Crippen MR) is 74.9 cm³/mol. The number of allylic oxidation sites excluding steroid dienone is 1. The number of furan rings is 1. The van der Waals surface area contributed by atoms with Gasteiger partial charge in [-0.15, -0.1) is 0 Å². The van der Waals surface area contributed by atoms with Gasteiger partial charge in [0, 0.05) is 0 Å². The van der Waals surface area contributed by atoms with Crippen molar-refractivity contribution in [3.63, 3.8) is 0 Å². The highest BCUT2D eigenvalue weighted by atomic mass is 32.2. The van der Waals surface area contributed by atoms with Gasteiger partial charge in [-0.1, -0.05) is 24.6 Å². The number of aliphatic imine (C=N–C) groups is 1. The Kier molecular flexibility index (Phi) is 3.71. The number of thioether (sulfide) groups is 1. The second-order valence-corrected chi connectivity index (χ2v) is 4.87. The van der Waals surface area contributed by atoms with Crippen molar-refractivity contribution in [2.45, 2.75) is 18.3 Å². The van der Waals surface area contributed by atoms with Crippen LogP contribution in [0, 0.1) is 11.3 Å². The van der Waals surface area contributed by atoms with Crippen LogP contribution >= 0.6 is 24.6 Å². The third kappa shape index (κ3) is 2.14. The van der Waals surface area contributed by atoms with Crippen LogP contribution in [0.5, 0.6) is 0 Å². The van der Waals surface area contributed by atoms with Gasteiger partial charge >= 0.3 is 0 Å². The maximum absolute atomic E-state index is 9.22. The molecule has 1 aromatic rings. The largest absolute Gasteiger partial charge is 0.448 e. The van der Waals surface area contributed by atoms with Gasteiger partial charge in [-0.25, -0.2) is 4.99 Å². The molecule has 0 saturated heterocycles. The van der Waals surface area contributed by atoms with Gasteiger partial charge in [0.05, 0.1) is 5.71 Å². The number of hydrogen-bond donors (Lipinski definition) is 2. The van der Waals surface area contributed by atoms with Crippen molar-refractivity contribution in [2.24, 2.45) is 10.7 Å². The SMILES string of the molecule is CSc1ccc(C2=C(C#N)C(C)=NC(N)N2S)o1. The van der Waals surface area contributed by atoms with E-state index < -0.39 is 6.29 Å². The molecule has 0 fully saturated rings. The minimum absolute atomic E-state index is 0.425. The van der Waals surface area contributed by atoms with Crippen molar-refractivity contribution < 1.29 is 4.42 Å². The third-order valence-electron chi connectivity index (χ3n) is 2.53. The standard InChI is InChI=1S/C11H12N4OS2/c1-6-7(5-12)10(15(17)11(13)14-6)8-3-4-9(16-8)18-2/h3-4,11,17H,13H2,1-2H3. The molecule has 0 amide bonds. The molecule has 2 heterocycles. The summed E-state index contributed by atoms with van der Waals surface area (Å²) in [5, 5.41) is 9.99. The minimum Gasteiger partial charge on any atom is -0.448 e. The van der Waals surface area contributed by atoms with Crippen LogP contribution in [0.15, 0.2) is 32.2 Å². The van der Waals surface area contributed by atoms with Gasteiger partial charge < -0.3 is 4.42 Å². The van der Waals surface area contributed by atoms with E-state index in [-0.39, 0.29) is 0 Å². The van der Waals surface area contributed by atoms with Crippen LogP contribution < -0.4 is 5.73 Å². The van der Waals surface area contributed by atoms with E-state index in [0.717, 1.165) is 5.09 Å². The molecule has 18 heavy (non-hydrogen) atoms. The molecule has 0 spiro atoms. The minimum atomic E-state index is -0.622. The van der Waals surface area contributed by atoms with Crippen LogP contribution in [-0.2, 0) is 0 Å². The third-order valence-corrected chi connectivity index (χ3v) is 3.59. The molecule has 7 heteroatoms. The first kappa shape index (κ1) is 13.1. The fourth-order valence-corrected chi connectivity index (χ4v) is 2.29. The molecule has 0 bridgehead atoms. The second-order valence-electron chi connectivity index (χ2n) is 3.63. The van der Waals surface area contributed by atoms with Gasteiger partial charge in [0.1, 0.15) is 17.3 Å². The first-order valence-electron chi connectivity index (χ1n) is 5.15. The summed E-state index contributed by atoms with van der Waals surface area (Å²) in [6.07, 6.45) is 1.29. The molecule has 1 aromatic heterocycles. The Morgan fingerprint density at radius 3 is 2.89 bits per heavy atom. The molecule has 2 rings (SSSR count). The summed E-state index contributed by atoms with van der Waals surface area (Å²) in [6.45, 7) is 1.75. The van der Waals surface area contributed by atoms with Gasteiger partial charge in [-0.2, -0.15) is 5.26 Å². The number of nitrogens with zero attached hydrogens (tertiary/aromatic N) is 3. The second kappa shape index (κ2) is 5.10. The molecular weight excluding hydrogens is 268 g/mol. The number of thiol groups is 1. The maximum Gasteiger partial charge on any atom is 0.183 e. The Balaban J connectivity index is 2.56. The van der Waals surface area contributed by atoms with Crippen molar-refractivity contribution in [3.05, 3.63) is 23.5 Å². The van der Waals surface area contributed by atoms with Crippen LogP contribution in [0.1, 0.15) is 12.7 Å². The van der Waals surface area contributed by atoms with E-state index in [1.165, 1.54) is 16.1 Å². The summed E-state index contributed by atoms with van der Waals surface area (Å²) < 4.78 is 7.06. The lowest BCUT2D eigenvalue weighted by molar-refractivity contribution is 0.428. The normalized spacial score (nSPS) is 19.8. The van der Waals surface area contributed by atoms with Crippen LogP contribution in [0.25, 0.3) is 5.70 Å².